The number of amides is 1. The summed E-state index contributed by atoms with van der Waals surface area (Å²) in [5, 5.41) is 4.28. The molecule has 0 radical (unpaired) electrons. The Morgan fingerprint density at radius 3 is 2.81 bits per heavy atom. The molecular formula is C17H18F3N5O2. The second kappa shape index (κ2) is 6.50. The van der Waals surface area contributed by atoms with E-state index in [9.17, 15) is 22.8 Å². The van der Waals surface area contributed by atoms with E-state index in [0.717, 1.165) is 4.90 Å². The van der Waals surface area contributed by atoms with Crippen LogP contribution in [0, 0.1) is 5.95 Å². The maximum atomic E-state index is 13.5. The zero-order valence-corrected chi connectivity index (χ0v) is 14.4. The highest BCUT2D eigenvalue weighted by molar-refractivity contribution is 5.81. The standard InChI is InChI=1S/C17H18F3N5O2/c18-13-5-4-11(8-21-13)9-24-16(27)25-12(2-1-3-14(25)22-24)15(26)23-7-6-17(19,20)10-23/h4-5,8,12H,1-3,6-7,9-10H2/t12-/m0/s1. The van der Waals surface area contributed by atoms with E-state index in [-0.39, 0.29) is 19.5 Å². The molecule has 0 spiro atoms. The molecule has 1 saturated heterocycles. The highest BCUT2D eigenvalue weighted by Crippen LogP contribution is 2.31. The first-order valence-electron chi connectivity index (χ1n) is 8.79. The summed E-state index contributed by atoms with van der Waals surface area (Å²) in [6, 6.07) is 1.88. The van der Waals surface area contributed by atoms with Crippen molar-refractivity contribution < 1.29 is 18.0 Å². The fraction of sp³-hybridized carbons (Fsp3) is 0.529. The molecule has 0 aromatic carbocycles. The normalized spacial score (nSPS) is 21.3. The number of nitrogens with zero attached hydrogens (tertiary/aromatic N) is 5. The fourth-order valence-corrected chi connectivity index (χ4v) is 3.68. The number of hydrogen-bond acceptors (Lipinski definition) is 4. The lowest BCUT2D eigenvalue weighted by atomic mass is 10.0. The Labute approximate surface area is 152 Å². The van der Waals surface area contributed by atoms with E-state index in [0.29, 0.717) is 30.7 Å². The van der Waals surface area contributed by atoms with Crippen LogP contribution in [0.1, 0.15) is 36.7 Å². The van der Waals surface area contributed by atoms with Crippen LogP contribution in [0.5, 0.6) is 0 Å². The molecule has 4 rings (SSSR count). The van der Waals surface area contributed by atoms with E-state index in [1.807, 2.05) is 0 Å². The quantitative estimate of drug-likeness (QED) is 0.753. The second-order valence-corrected chi connectivity index (χ2v) is 6.99. The smallest absolute Gasteiger partial charge is 0.335 e. The van der Waals surface area contributed by atoms with Crippen molar-refractivity contribution in [3.05, 3.63) is 46.1 Å². The van der Waals surface area contributed by atoms with Gasteiger partial charge >= 0.3 is 5.69 Å². The molecule has 0 saturated carbocycles. The summed E-state index contributed by atoms with van der Waals surface area (Å²) in [4.78, 5) is 30.2. The summed E-state index contributed by atoms with van der Waals surface area (Å²) in [7, 11) is 0. The summed E-state index contributed by atoms with van der Waals surface area (Å²) in [5.74, 6) is -3.50. The highest BCUT2D eigenvalue weighted by atomic mass is 19.3. The SMILES string of the molecule is O=C([C@@H]1CCCc2nn(Cc3ccc(F)nc3)c(=O)n21)N1CCC(F)(F)C1. The van der Waals surface area contributed by atoms with Crippen LogP contribution in [0.25, 0.3) is 0 Å². The number of aromatic nitrogens is 4. The third kappa shape index (κ3) is 3.35. The third-order valence-electron chi connectivity index (χ3n) is 5.02. The molecule has 144 valence electrons. The van der Waals surface area contributed by atoms with Crippen LogP contribution in [-0.4, -0.2) is 49.2 Å². The van der Waals surface area contributed by atoms with E-state index in [4.69, 9.17) is 0 Å². The van der Waals surface area contributed by atoms with Crippen molar-refractivity contribution in [2.75, 3.05) is 13.1 Å². The Balaban J connectivity index is 1.61. The average molecular weight is 381 g/mol. The lowest BCUT2D eigenvalue weighted by molar-refractivity contribution is -0.135. The van der Waals surface area contributed by atoms with Gasteiger partial charge < -0.3 is 4.90 Å². The van der Waals surface area contributed by atoms with Gasteiger partial charge in [0.25, 0.3) is 5.92 Å². The van der Waals surface area contributed by atoms with Crippen molar-refractivity contribution in [1.29, 1.82) is 0 Å². The summed E-state index contributed by atoms with van der Waals surface area (Å²) >= 11 is 0. The summed E-state index contributed by atoms with van der Waals surface area (Å²) in [6.07, 6.45) is 2.55. The molecule has 10 heteroatoms. The molecular weight excluding hydrogens is 363 g/mol. The van der Waals surface area contributed by atoms with E-state index in [1.165, 1.54) is 27.6 Å². The van der Waals surface area contributed by atoms with Crippen LogP contribution in [-0.2, 0) is 17.8 Å². The van der Waals surface area contributed by atoms with Crippen LogP contribution >= 0.6 is 0 Å². The van der Waals surface area contributed by atoms with Gasteiger partial charge in [0.05, 0.1) is 13.1 Å². The molecule has 1 atom stereocenters. The van der Waals surface area contributed by atoms with Gasteiger partial charge in [-0.05, 0) is 24.5 Å². The van der Waals surface area contributed by atoms with Gasteiger partial charge in [-0.3, -0.25) is 9.36 Å². The minimum Gasteiger partial charge on any atom is -0.335 e. The Morgan fingerprint density at radius 1 is 1.33 bits per heavy atom. The lowest BCUT2D eigenvalue weighted by Crippen LogP contribution is -2.42. The third-order valence-corrected chi connectivity index (χ3v) is 5.02. The molecule has 2 aromatic rings. The van der Waals surface area contributed by atoms with Crippen LogP contribution in [0.2, 0.25) is 0 Å². The van der Waals surface area contributed by atoms with Crippen LogP contribution < -0.4 is 5.69 Å². The number of carbonyl (C=O) groups excluding carboxylic acids is 1. The predicted octanol–water partition coefficient (Wildman–Crippen LogP) is 1.37. The van der Waals surface area contributed by atoms with E-state index in [1.54, 1.807) is 0 Å². The van der Waals surface area contributed by atoms with E-state index in [2.05, 4.69) is 10.1 Å². The zero-order valence-electron chi connectivity index (χ0n) is 14.4. The maximum absolute atomic E-state index is 13.5. The number of likely N-dealkylation sites (tertiary alicyclic amines) is 1. The van der Waals surface area contributed by atoms with Gasteiger partial charge in [0.1, 0.15) is 11.9 Å². The highest BCUT2D eigenvalue weighted by Gasteiger charge is 2.43. The zero-order chi connectivity index (χ0) is 19.2. The van der Waals surface area contributed by atoms with Gasteiger partial charge in [-0.1, -0.05) is 6.07 Å². The van der Waals surface area contributed by atoms with Crippen molar-refractivity contribution in [2.45, 2.75) is 44.2 Å². The Hall–Kier alpha value is -2.65. The van der Waals surface area contributed by atoms with Gasteiger partial charge in [-0.25, -0.2) is 23.2 Å². The van der Waals surface area contributed by atoms with Gasteiger partial charge in [-0.15, -0.1) is 0 Å². The van der Waals surface area contributed by atoms with Crippen LogP contribution in [0.3, 0.4) is 0 Å². The predicted molar refractivity (Wildman–Crippen MR) is 87.9 cm³/mol. The summed E-state index contributed by atoms with van der Waals surface area (Å²) in [5.41, 5.74) is 0.120. The molecule has 0 aliphatic carbocycles. The minimum atomic E-state index is -2.88. The van der Waals surface area contributed by atoms with Gasteiger partial charge in [0.2, 0.25) is 11.9 Å². The molecule has 7 nitrogen and oxygen atoms in total. The Kier molecular flexibility index (Phi) is 4.27. The first-order valence-corrected chi connectivity index (χ1v) is 8.79. The molecule has 27 heavy (non-hydrogen) atoms. The maximum Gasteiger partial charge on any atom is 0.346 e. The van der Waals surface area contributed by atoms with Crippen LogP contribution in [0.15, 0.2) is 23.1 Å². The van der Waals surface area contributed by atoms with E-state index < -0.39 is 36.1 Å². The van der Waals surface area contributed by atoms with Crippen molar-refractivity contribution in [3.63, 3.8) is 0 Å². The first kappa shape index (κ1) is 17.7. The number of pyridine rings is 1. The fourth-order valence-electron chi connectivity index (χ4n) is 3.68. The molecule has 0 N–H and O–H groups in total. The summed E-state index contributed by atoms with van der Waals surface area (Å²) in [6.45, 7) is -0.529. The average Bonchev–Trinajstić information content (AvgIpc) is 3.16. The molecule has 0 bridgehead atoms. The number of aryl methyl sites for hydroxylation is 1. The van der Waals surface area contributed by atoms with Gasteiger partial charge in [0.15, 0.2) is 0 Å². The monoisotopic (exact) mass is 381 g/mol. The summed E-state index contributed by atoms with van der Waals surface area (Å²) < 4.78 is 42.4. The molecule has 1 fully saturated rings. The molecule has 0 unspecified atom stereocenters. The number of carbonyl (C=O) groups is 1. The van der Waals surface area contributed by atoms with Crippen molar-refractivity contribution in [3.8, 4) is 0 Å². The number of hydrogen-bond donors (Lipinski definition) is 0. The van der Waals surface area contributed by atoms with Gasteiger partial charge in [0, 0.05) is 25.6 Å². The molecule has 2 aliphatic rings. The number of rotatable bonds is 3. The van der Waals surface area contributed by atoms with Crippen molar-refractivity contribution >= 4 is 5.91 Å². The second-order valence-electron chi connectivity index (χ2n) is 6.99. The van der Waals surface area contributed by atoms with E-state index >= 15 is 0 Å². The topological polar surface area (TPSA) is 73.0 Å². The van der Waals surface area contributed by atoms with Crippen molar-refractivity contribution in [2.24, 2.45) is 0 Å². The molecule has 2 aromatic heterocycles. The molecule has 4 heterocycles. The minimum absolute atomic E-state index is 0.0121. The largest absolute Gasteiger partial charge is 0.346 e. The molecule has 2 aliphatic heterocycles. The number of alkyl halides is 2. The first-order chi connectivity index (χ1) is 12.8. The Morgan fingerprint density at radius 2 is 2.15 bits per heavy atom. The Bertz CT molecular complexity index is 922. The van der Waals surface area contributed by atoms with Crippen LogP contribution in [0.4, 0.5) is 13.2 Å². The lowest BCUT2D eigenvalue weighted by Gasteiger charge is -2.27. The van der Waals surface area contributed by atoms with Crippen molar-refractivity contribution in [1.82, 2.24) is 24.2 Å². The molecule has 1 amide bonds. The number of halogens is 3. The van der Waals surface area contributed by atoms with Gasteiger partial charge in [-0.2, -0.15) is 9.49 Å². The number of fused-ring (bicyclic) bond motifs is 1.